The number of fused-ring (bicyclic) bond motifs is 4. The van der Waals surface area contributed by atoms with Crippen LogP contribution in [0.25, 0.3) is 32.9 Å². The molecule has 0 amide bonds. The normalized spacial score (nSPS) is 21.4. The van der Waals surface area contributed by atoms with Gasteiger partial charge < -0.3 is 14.4 Å². The number of hydrogen-bond donors (Lipinski definition) is 0. The molecule has 4 aliphatic heterocycles. The smallest absolute Gasteiger partial charge is 0.319 e. The summed E-state index contributed by atoms with van der Waals surface area (Å²) in [6.07, 6.45) is 8.81. The van der Waals surface area contributed by atoms with Crippen molar-refractivity contribution in [3.63, 3.8) is 0 Å². The van der Waals surface area contributed by atoms with Crippen LogP contribution < -0.4 is 9.64 Å². The number of aryl methyl sites for hydroxylation is 1. The van der Waals surface area contributed by atoms with E-state index in [1.54, 1.807) is 12.1 Å². The largest absolute Gasteiger partial charge is 0.461 e. The van der Waals surface area contributed by atoms with E-state index in [2.05, 4.69) is 15.7 Å². The molecule has 0 N–H and O–H groups in total. The van der Waals surface area contributed by atoms with Crippen LogP contribution in [0, 0.1) is 29.8 Å². The molecule has 0 spiro atoms. The van der Waals surface area contributed by atoms with Crippen LogP contribution in [0.1, 0.15) is 54.5 Å². The van der Waals surface area contributed by atoms with Crippen LogP contribution in [-0.2, 0) is 11.2 Å². The SMILES string of the molecule is C#Cc1c(F)c(F)cc2cc(N=C(c3ccccc3)c3ccccc3)cc(-c3nc4c5c(nc(OC[C@@]67CCCN6C[C@H](F)C7)nc5c3F)N3CCCOC[C@@H]3CC4)c12. The molecule has 0 aliphatic carbocycles. The quantitative estimate of drug-likeness (QED) is 0.0908. The molecular formula is C47H40F4N6O2. The van der Waals surface area contributed by atoms with Gasteiger partial charge in [-0.25, -0.2) is 27.5 Å². The molecule has 0 bridgehead atoms. The van der Waals surface area contributed by atoms with Crippen LogP contribution in [0.3, 0.4) is 0 Å². The molecule has 12 heteroatoms. The van der Waals surface area contributed by atoms with Gasteiger partial charge >= 0.3 is 6.01 Å². The van der Waals surface area contributed by atoms with E-state index in [9.17, 15) is 4.39 Å². The third kappa shape index (κ3) is 6.57. The van der Waals surface area contributed by atoms with Crippen molar-refractivity contribution in [3.05, 3.63) is 119 Å². The Hall–Kier alpha value is -5.90. The number of ether oxygens (including phenoxy) is 2. The number of aromatic nitrogens is 3. The van der Waals surface area contributed by atoms with Gasteiger partial charge in [-0.2, -0.15) is 9.97 Å². The average molecular weight is 797 g/mol. The number of nitrogens with zero attached hydrogens (tertiary/aromatic N) is 6. The summed E-state index contributed by atoms with van der Waals surface area (Å²) >= 11 is 0. The minimum atomic E-state index is -1.22. The van der Waals surface area contributed by atoms with Crippen molar-refractivity contribution < 1.29 is 27.0 Å². The van der Waals surface area contributed by atoms with Crippen molar-refractivity contribution in [1.29, 1.82) is 0 Å². The van der Waals surface area contributed by atoms with Gasteiger partial charge in [-0.3, -0.25) is 4.90 Å². The number of rotatable bonds is 7. The summed E-state index contributed by atoms with van der Waals surface area (Å²) in [6.45, 7) is 2.95. The number of aliphatic imine (C=N–C) groups is 1. The molecule has 298 valence electrons. The van der Waals surface area contributed by atoms with Crippen molar-refractivity contribution >= 4 is 38.9 Å². The second-order valence-corrected chi connectivity index (χ2v) is 15.9. The molecule has 0 radical (unpaired) electrons. The van der Waals surface area contributed by atoms with E-state index in [1.807, 2.05) is 60.7 Å². The summed E-state index contributed by atoms with van der Waals surface area (Å²) in [5.74, 6) is -0.329. The predicted octanol–water partition coefficient (Wildman–Crippen LogP) is 8.91. The Kier molecular flexibility index (Phi) is 9.53. The fraction of sp³-hybridized carbons (Fsp3) is 0.319. The maximum atomic E-state index is 17.8. The molecule has 0 unspecified atom stereocenters. The van der Waals surface area contributed by atoms with E-state index in [1.165, 1.54) is 0 Å². The van der Waals surface area contributed by atoms with Crippen molar-refractivity contribution in [3.8, 4) is 29.6 Å². The van der Waals surface area contributed by atoms with Gasteiger partial charge in [0.15, 0.2) is 17.5 Å². The molecule has 0 saturated carbocycles. The van der Waals surface area contributed by atoms with Gasteiger partial charge in [0.05, 0.1) is 46.2 Å². The highest BCUT2D eigenvalue weighted by molar-refractivity contribution is 6.14. The van der Waals surface area contributed by atoms with E-state index < -0.39 is 29.2 Å². The van der Waals surface area contributed by atoms with Gasteiger partial charge in [-0.05, 0) is 62.2 Å². The van der Waals surface area contributed by atoms with Crippen LogP contribution in [0.5, 0.6) is 6.01 Å². The number of benzene rings is 4. The molecule has 10 rings (SSSR count). The molecule has 3 saturated heterocycles. The average Bonchev–Trinajstić information content (AvgIpc) is 3.61. The fourth-order valence-corrected chi connectivity index (χ4v) is 9.61. The summed E-state index contributed by atoms with van der Waals surface area (Å²) in [5, 5.41) is 0.798. The Balaban J connectivity index is 1.20. The van der Waals surface area contributed by atoms with Crippen LogP contribution >= 0.6 is 0 Å². The van der Waals surface area contributed by atoms with Gasteiger partial charge in [0.2, 0.25) is 0 Å². The van der Waals surface area contributed by atoms with Gasteiger partial charge in [-0.1, -0.05) is 66.6 Å². The monoisotopic (exact) mass is 796 g/mol. The number of hydrogen-bond acceptors (Lipinski definition) is 8. The van der Waals surface area contributed by atoms with Crippen molar-refractivity contribution in [1.82, 2.24) is 19.9 Å². The number of terminal acetylenes is 1. The van der Waals surface area contributed by atoms with Crippen LogP contribution in [0.2, 0.25) is 0 Å². The highest BCUT2D eigenvalue weighted by Gasteiger charge is 2.49. The summed E-state index contributed by atoms with van der Waals surface area (Å²) < 4.78 is 75.8. The Labute approximate surface area is 338 Å². The summed E-state index contributed by atoms with van der Waals surface area (Å²) in [4.78, 5) is 24.0. The molecule has 6 heterocycles. The third-order valence-corrected chi connectivity index (χ3v) is 12.3. The van der Waals surface area contributed by atoms with Gasteiger partial charge in [0.1, 0.15) is 29.8 Å². The van der Waals surface area contributed by atoms with Gasteiger partial charge in [0.25, 0.3) is 0 Å². The lowest BCUT2D eigenvalue weighted by atomic mass is 9.94. The Bertz CT molecular complexity index is 2650. The Morgan fingerprint density at radius 2 is 1.71 bits per heavy atom. The highest BCUT2D eigenvalue weighted by Crippen LogP contribution is 2.44. The fourth-order valence-electron chi connectivity index (χ4n) is 9.61. The molecule has 4 aromatic carbocycles. The first-order valence-corrected chi connectivity index (χ1v) is 20.2. The lowest BCUT2D eigenvalue weighted by Crippen LogP contribution is -2.43. The summed E-state index contributed by atoms with van der Waals surface area (Å²) in [7, 11) is 0. The topological polar surface area (TPSA) is 76.0 Å². The van der Waals surface area contributed by atoms with Crippen molar-refractivity contribution in [2.45, 2.75) is 56.3 Å². The van der Waals surface area contributed by atoms with E-state index in [0.29, 0.717) is 73.9 Å². The molecular weight excluding hydrogens is 757 g/mol. The second-order valence-electron chi connectivity index (χ2n) is 15.9. The van der Waals surface area contributed by atoms with E-state index in [0.717, 1.165) is 43.0 Å². The maximum absolute atomic E-state index is 17.8. The molecule has 4 aliphatic rings. The number of anilines is 1. The van der Waals surface area contributed by atoms with Crippen molar-refractivity contribution in [2.24, 2.45) is 4.99 Å². The molecule has 2 aromatic heterocycles. The standard InChI is InChI=1S/C47H40F4N6O2/c1-2-34-38-30(22-36(49)40(34)50)21-32(52-42(28-11-5-3-6-12-28)29-13-7-4-8-14-29)23-35(38)43-41(51)44-39-37(53-43)16-15-33-26-58-20-10-19-57(33)45(39)55-46(54-44)59-27-47-17-9-18-56(47)25-31(48)24-47/h1,3-8,11-14,21-23,31,33H,9-10,15-20,24-27H2/t31-,33+,47+/m1/s1. The third-order valence-electron chi connectivity index (χ3n) is 12.3. The lowest BCUT2D eigenvalue weighted by Gasteiger charge is -2.31. The number of pyridine rings is 1. The molecule has 3 atom stereocenters. The zero-order chi connectivity index (χ0) is 40.3. The predicted molar refractivity (Wildman–Crippen MR) is 220 cm³/mol. The number of halogens is 4. The second kappa shape index (κ2) is 15.0. The minimum Gasteiger partial charge on any atom is -0.461 e. The molecule has 59 heavy (non-hydrogen) atoms. The Morgan fingerprint density at radius 1 is 0.932 bits per heavy atom. The van der Waals surface area contributed by atoms with E-state index >= 15 is 13.2 Å². The van der Waals surface area contributed by atoms with Crippen molar-refractivity contribution in [2.75, 3.05) is 44.4 Å². The molecule has 8 nitrogen and oxygen atoms in total. The molecule has 3 fully saturated rings. The zero-order valence-corrected chi connectivity index (χ0v) is 32.2. The Morgan fingerprint density at radius 3 is 2.47 bits per heavy atom. The minimum absolute atomic E-state index is 0.0208. The number of alkyl halides is 1. The first kappa shape index (κ1) is 37.4. The zero-order valence-electron chi connectivity index (χ0n) is 32.2. The van der Waals surface area contributed by atoms with Gasteiger partial charge in [0, 0.05) is 48.2 Å². The van der Waals surface area contributed by atoms with Crippen LogP contribution in [0.4, 0.5) is 29.1 Å². The van der Waals surface area contributed by atoms with E-state index in [-0.39, 0.29) is 51.8 Å². The van der Waals surface area contributed by atoms with E-state index in [4.69, 9.17) is 35.8 Å². The first-order chi connectivity index (χ1) is 28.8. The summed E-state index contributed by atoms with van der Waals surface area (Å²) in [6, 6.07) is 23.4. The van der Waals surface area contributed by atoms with Gasteiger partial charge in [-0.15, -0.1) is 6.42 Å². The highest BCUT2D eigenvalue weighted by atomic mass is 19.2. The lowest BCUT2D eigenvalue weighted by molar-refractivity contribution is 0.107. The first-order valence-electron chi connectivity index (χ1n) is 20.2. The summed E-state index contributed by atoms with van der Waals surface area (Å²) in [5.41, 5.74) is 2.27. The van der Waals surface area contributed by atoms with Crippen LogP contribution in [-0.4, -0.2) is 82.8 Å². The maximum Gasteiger partial charge on any atom is 0.319 e. The molecule has 6 aromatic rings. The van der Waals surface area contributed by atoms with Crippen LogP contribution in [0.15, 0.2) is 83.9 Å².